The molecule has 3 nitrogen and oxygen atoms in total. The number of likely N-dealkylation sites (N-methyl/N-ethyl adjacent to an activating group) is 1. The first-order valence-electron chi connectivity index (χ1n) is 9.11. The van der Waals surface area contributed by atoms with Crippen LogP contribution in [0.4, 0.5) is 0 Å². The van der Waals surface area contributed by atoms with Crippen molar-refractivity contribution in [3.05, 3.63) is 71.4 Å². The predicted octanol–water partition coefficient (Wildman–Crippen LogP) is 4.01. The van der Waals surface area contributed by atoms with E-state index in [1.165, 1.54) is 27.6 Å². The summed E-state index contributed by atoms with van der Waals surface area (Å²) in [5, 5.41) is 1.30. The van der Waals surface area contributed by atoms with Gasteiger partial charge in [-0.25, -0.2) is 0 Å². The molecule has 0 bridgehead atoms. The lowest BCUT2D eigenvalue weighted by atomic mass is 9.93. The zero-order chi connectivity index (χ0) is 17.4. The zero-order valence-electron chi connectivity index (χ0n) is 15.4. The van der Waals surface area contributed by atoms with Crippen LogP contribution in [0.1, 0.15) is 22.6 Å². The van der Waals surface area contributed by atoms with E-state index in [0.29, 0.717) is 12.0 Å². The monoisotopic (exact) mass is 333 g/mol. The van der Waals surface area contributed by atoms with Crippen molar-refractivity contribution in [2.75, 3.05) is 27.2 Å². The number of hydrogen-bond acceptors (Lipinski definition) is 2. The average Bonchev–Trinajstić information content (AvgIpc) is 3.22. The third-order valence-corrected chi connectivity index (χ3v) is 5.56. The number of fused-ring (bicyclic) bond motifs is 1. The molecule has 3 heteroatoms. The molecule has 0 saturated carbocycles. The van der Waals surface area contributed by atoms with E-state index in [2.05, 4.69) is 84.3 Å². The number of aryl methyl sites for hydroxylation is 1. The van der Waals surface area contributed by atoms with Gasteiger partial charge in [-0.1, -0.05) is 35.9 Å². The van der Waals surface area contributed by atoms with Gasteiger partial charge in [0.05, 0.1) is 0 Å². The number of hydrogen-bond donors (Lipinski definition) is 1. The number of H-pyrrole nitrogens is 1. The summed E-state index contributed by atoms with van der Waals surface area (Å²) in [5.74, 6) is 0.576. The molecule has 25 heavy (non-hydrogen) atoms. The maximum atomic E-state index is 3.28. The minimum atomic E-state index is 0.568. The Bertz CT molecular complexity index is 847. The number of benzene rings is 2. The molecule has 2 aromatic carbocycles. The van der Waals surface area contributed by atoms with Crippen LogP contribution in [0.3, 0.4) is 0 Å². The molecular formula is C22H27N3. The van der Waals surface area contributed by atoms with Gasteiger partial charge in [-0.15, -0.1) is 0 Å². The minimum absolute atomic E-state index is 0.568. The summed E-state index contributed by atoms with van der Waals surface area (Å²) in [5.41, 5.74) is 5.41. The van der Waals surface area contributed by atoms with Gasteiger partial charge < -0.3 is 9.88 Å². The van der Waals surface area contributed by atoms with E-state index in [4.69, 9.17) is 0 Å². The first-order chi connectivity index (χ1) is 12.1. The Labute approximate surface area is 150 Å². The van der Waals surface area contributed by atoms with Crippen molar-refractivity contribution in [1.82, 2.24) is 14.8 Å². The molecule has 0 aliphatic carbocycles. The summed E-state index contributed by atoms with van der Waals surface area (Å²) < 4.78 is 0. The highest BCUT2D eigenvalue weighted by Gasteiger charge is 2.34. The first kappa shape index (κ1) is 16.4. The lowest BCUT2D eigenvalue weighted by molar-refractivity contribution is 0.260. The smallest absolute Gasteiger partial charge is 0.0454 e. The molecule has 130 valence electrons. The molecular weight excluding hydrogens is 306 g/mol. The molecule has 2 heterocycles. The summed E-state index contributed by atoms with van der Waals surface area (Å²) in [6, 6.07) is 18.6. The van der Waals surface area contributed by atoms with Gasteiger partial charge in [-0.3, -0.25) is 4.90 Å². The standard InChI is InChI=1S/C22H27N3/c1-16-4-7-18(8-5-16)20-14-25(15-22(20)24(2)3)13-17-6-9-21-19(12-17)10-11-23-21/h4-12,20,22-23H,13-15H2,1-3H3/t20-,22+/m0/s1. The summed E-state index contributed by atoms with van der Waals surface area (Å²) in [7, 11) is 4.42. The van der Waals surface area contributed by atoms with Crippen LogP contribution in [0, 0.1) is 6.92 Å². The highest BCUT2D eigenvalue weighted by molar-refractivity contribution is 5.79. The minimum Gasteiger partial charge on any atom is -0.361 e. The summed E-state index contributed by atoms with van der Waals surface area (Å²) in [4.78, 5) is 8.26. The largest absolute Gasteiger partial charge is 0.361 e. The van der Waals surface area contributed by atoms with Gasteiger partial charge in [0, 0.05) is 43.3 Å². The lowest BCUT2D eigenvalue weighted by Gasteiger charge is -2.25. The third kappa shape index (κ3) is 3.35. The molecule has 3 aromatic rings. The van der Waals surface area contributed by atoms with Crippen molar-refractivity contribution in [2.24, 2.45) is 0 Å². The fraction of sp³-hybridized carbons (Fsp3) is 0.364. The third-order valence-electron chi connectivity index (χ3n) is 5.56. The second kappa shape index (κ2) is 6.66. The maximum absolute atomic E-state index is 3.28. The van der Waals surface area contributed by atoms with E-state index < -0.39 is 0 Å². The van der Waals surface area contributed by atoms with E-state index in [-0.39, 0.29) is 0 Å². The van der Waals surface area contributed by atoms with Crippen LogP contribution in [0.25, 0.3) is 10.9 Å². The number of nitrogens with zero attached hydrogens (tertiary/aromatic N) is 2. The van der Waals surface area contributed by atoms with Gasteiger partial charge >= 0.3 is 0 Å². The Morgan fingerprint density at radius 1 is 1.04 bits per heavy atom. The van der Waals surface area contributed by atoms with Gasteiger partial charge in [0.15, 0.2) is 0 Å². The second-order valence-electron chi connectivity index (χ2n) is 7.64. The van der Waals surface area contributed by atoms with Crippen LogP contribution in [0.2, 0.25) is 0 Å². The van der Waals surface area contributed by atoms with Crippen LogP contribution >= 0.6 is 0 Å². The SMILES string of the molecule is Cc1ccc([C@@H]2CN(Cc3ccc4[nH]ccc4c3)C[C@H]2N(C)C)cc1. The molecule has 0 spiro atoms. The predicted molar refractivity (Wildman–Crippen MR) is 105 cm³/mol. The Kier molecular flexibility index (Phi) is 4.36. The molecule has 0 radical (unpaired) electrons. The van der Waals surface area contributed by atoms with E-state index in [9.17, 15) is 0 Å². The van der Waals surface area contributed by atoms with Gasteiger partial charge in [-0.05, 0) is 55.7 Å². The first-order valence-corrected chi connectivity index (χ1v) is 9.11. The van der Waals surface area contributed by atoms with Crippen LogP contribution < -0.4 is 0 Å². The van der Waals surface area contributed by atoms with Crippen molar-refractivity contribution < 1.29 is 0 Å². The van der Waals surface area contributed by atoms with Crippen molar-refractivity contribution in [2.45, 2.75) is 25.4 Å². The topological polar surface area (TPSA) is 22.3 Å². The number of aromatic amines is 1. The number of nitrogens with one attached hydrogen (secondary N) is 1. The van der Waals surface area contributed by atoms with Crippen LogP contribution in [-0.2, 0) is 6.54 Å². The molecule has 1 aliphatic rings. The Balaban J connectivity index is 1.53. The Morgan fingerprint density at radius 2 is 1.84 bits per heavy atom. The van der Waals surface area contributed by atoms with Crippen LogP contribution in [0.15, 0.2) is 54.7 Å². The van der Waals surface area contributed by atoms with Crippen molar-refractivity contribution in [3.63, 3.8) is 0 Å². The average molecular weight is 333 g/mol. The molecule has 1 aromatic heterocycles. The quantitative estimate of drug-likeness (QED) is 0.779. The number of rotatable bonds is 4. The van der Waals surface area contributed by atoms with E-state index in [1.807, 2.05) is 6.20 Å². The zero-order valence-corrected chi connectivity index (χ0v) is 15.4. The van der Waals surface area contributed by atoms with Crippen LogP contribution in [-0.4, -0.2) is 48.0 Å². The molecule has 4 rings (SSSR count). The van der Waals surface area contributed by atoms with E-state index >= 15 is 0 Å². The lowest BCUT2D eigenvalue weighted by Crippen LogP contribution is -2.34. The molecule has 0 unspecified atom stereocenters. The van der Waals surface area contributed by atoms with E-state index in [0.717, 1.165) is 19.6 Å². The van der Waals surface area contributed by atoms with Gasteiger partial charge in [0.1, 0.15) is 0 Å². The molecule has 1 fully saturated rings. The van der Waals surface area contributed by atoms with Crippen molar-refractivity contribution in [1.29, 1.82) is 0 Å². The molecule has 1 N–H and O–H groups in total. The van der Waals surface area contributed by atoms with Gasteiger partial charge in [0.2, 0.25) is 0 Å². The molecule has 1 aliphatic heterocycles. The maximum Gasteiger partial charge on any atom is 0.0454 e. The van der Waals surface area contributed by atoms with Crippen LogP contribution in [0.5, 0.6) is 0 Å². The fourth-order valence-corrected chi connectivity index (χ4v) is 4.12. The molecule has 1 saturated heterocycles. The summed E-state index contributed by atoms with van der Waals surface area (Å²) in [6.07, 6.45) is 2.01. The number of likely N-dealkylation sites (tertiary alicyclic amines) is 1. The van der Waals surface area contributed by atoms with Crippen molar-refractivity contribution >= 4 is 10.9 Å². The fourth-order valence-electron chi connectivity index (χ4n) is 4.12. The summed E-state index contributed by atoms with van der Waals surface area (Å²) in [6.45, 7) is 5.42. The highest BCUT2D eigenvalue weighted by atomic mass is 15.2. The Morgan fingerprint density at radius 3 is 2.60 bits per heavy atom. The molecule has 0 amide bonds. The Hall–Kier alpha value is -2.10. The highest BCUT2D eigenvalue weighted by Crippen LogP contribution is 2.31. The normalized spacial score (nSPS) is 21.4. The van der Waals surface area contributed by atoms with Gasteiger partial charge in [0.25, 0.3) is 0 Å². The second-order valence-corrected chi connectivity index (χ2v) is 7.64. The molecule has 2 atom stereocenters. The summed E-state index contributed by atoms with van der Waals surface area (Å²) >= 11 is 0. The number of aromatic nitrogens is 1. The van der Waals surface area contributed by atoms with Crippen molar-refractivity contribution in [3.8, 4) is 0 Å². The van der Waals surface area contributed by atoms with E-state index in [1.54, 1.807) is 0 Å². The van der Waals surface area contributed by atoms with Gasteiger partial charge in [-0.2, -0.15) is 0 Å².